The lowest BCUT2D eigenvalue weighted by Gasteiger charge is -2.12. The fourth-order valence-electron chi connectivity index (χ4n) is 2.65. The molecule has 0 unspecified atom stereocenters. The van der Waals surface area contributed by atoms with Gasteiger partial charge in [0.1, 0.15) is 12.3 Å². The Morgan fingerprint density at radius 3 is 2.67 bits per heavy atom. The van der Waals surface area contributed by atoms with Crippen LogP contribution < -0.4 is 5.43 Å². The molecule has 1 aliphatic heterocycles. The molecule has 1 amide bonds. The summed E-state index contributed by atoms with van der Waals surface area (Å²) in [6.45, 7) is 2.63. The van der Waals surface area contributed by atoms with Crippen LogP contribution in [0.15, 0.2) is 29.4 Å². The maximum Gasteiger partial charge on any atom is 0.409 e. The Bertz CT molecular complexity index is 658. The van der Waals surface area contributed by atoms with Gasteiger partial charge in [0.15, 0.2) is 0 Å². The molecular formula is C19H28N4O4. The monoisotopic (exact) mass is 376 g/mol. The van der Waals surface area contributed by atoms with Crippen LogP contribution in [0, 0.1) is 0 Å². The fourth-order valence-corrected chi connectivity index (χ4v) is 2.65. The fraction of sp³-hybridized carbons (Fsp3) is 0.526. The third kappa shape index (κ3) is 6.90. The van der Waals surface area contributed by atoms with Crippen LogP contribution in [-0.4, -0.2) is 75.0 Å². The van der Waals surface area contributed by atoms with Gasteiger partial charge in [0.2, 0.25) is 0 Å². The molecule has 0 atom stereocenters. The number of anilines is 1. The van der Waals surface area contributed by atoms with Crippen molar-refractivity contribution in [3.63, 3.8) is 0 Å². The number of benzene rings is 1. The highest BCUT2D eigenvalue weighted by Crippen LogP contribution is 2.12. The second-order valence-corrected chi connectivity index (χ2v) is 6.62. The number of ether oxygens (including phenoxy) is 2. The highest BCUT2D eigenvalue weighted by atomic mass is 16.6. The average Bonchev–Trinajstić information content (AvgIpc) is 3.07. The largest absolute Gasteiger partial charge is 0.464 e. The first kappa shape index (κ1) is 20.7. The van der Waals surface area contributed by atoms with E-state index in [2.05, 4.69) is 15.4 Å². The molecule has 1 N–H and O–H groups in total. The molecule has 0 bridgehead atoms. The van der Waals surface area contributed by atoms with E-state index in [-0.39, 0.29) is 6.09 Å². The number of rotatable bonds is 10. The Morgan fingerprint density at radius 2 is 2.07 bits per heavy atom. The van der Waals surface area contributed by atoms with Crippen molar-refractivity contribution in [3.05, 3.63) is 29.8 Å². The zero-order valence-electron chi connectivity index (χ0n) is 16.2. The van der Waals surface area contributed by atoms with E-state index in [1.807, 2.05) is 38.4 Å². The zero-order chi connectivity index (χ0) is 19.6. The van der Waals surface area contributed by atoms with Crippen molar-refractivity contribution < 1.29 is 19.1 Å². The normalized spacial score (nSPS) is 14.4. The van der Waals surface area contributed by atoms with Crippen LogP contribution in [0.2, 0.25) is 0 Å². The van der Waals surface area contributed by atoms with Gasteiger partial charge < -0.3 is 19.3 Å². The predicted octanol–water partition coefficient (Wildman–Crippen LogP) is 1.96. The minimum atomic E-state index is -0.421. The molecule has 1 fully saturated rings. The highest BCUT2D eigenvalue weighted by Gasteiger charge is 2.20. The minimum absolute atomic E-state index is 0.243. The number of hydrazone groups is 1. The average molecular weight is 376 g/mol. The molecule has 1 aromatic rings. The van der Waals surface area contributed by atoms with Crippen LogP contribution in [0.25, 0.3) is 0 Å². The van der Waals surface area contributed by atoms with Gasteiger partial charge in [-0.05, 0) is 51.2 Å². The number of carbonyl (C=O) groups is 2. The first-order chi connectivity index (χ1) is 13.0. The summed E-state index contributed by atoms with van der Waals surface area (Å²) in [5.74, 6) is -0.421. The molecular weight excluding hydrogens is 348 g/mol. The van der Waals surface area contributed by atoms with Crippen molar-refractivity contribution in [1.82, 2.24) is 9.80 Å². The Morgan fingerprint density at radius 1 is 1.33 bits per heavy atom. The number of nitrogens with zero attached hydrogens (tertiary/aromatic N) is 3. The van der Waals surface area contributed by atoms with E-state index in [1.54, 1.807) is 4.90 Å². The number of carbonyl (C=O) groups excluding carboxylic acids is 2. The van der Waals surface area contributed by atoms with Crippen LogP contribution in [0.3, 0.4) is 0 Å². The molecule has 1 heterocycles. The smallest absolute Gasteiger partial charge is 0.409 e. The summed E-state index contributed by atoms with van der Waals surface area (Å²) in [5, 5.41) is 4.21. The number of hydrogen-bond donors (Lipinski definition) is 1. The summed E-state index contributed by atoms with van der Waals surface area (Å²) in [7, 11) is 5.33. The highest BCUT2D eigenvalue weighted by molar-refractivity contribution is 6.36. The first-order valence-corrected chi connectivity index (χ1v) is 9.06. The molecule has 0 radical (unpaired) electrons. The number of methoxy groups -OCH3 is 1. The molecule has 1 aliphatic rings. The maximum atomic E-state index is 11.9. The second-order valence-electron chi connectivity index (χ2n) is 6.62. The van der Waals surface area contributed by atoms with Gasteiger partial charge in [0, 0.05) is 13.0 Å². The lowest BCUT2D eigenvalue weighted by atomic mass is 10.1. The van der Waals surface area contributed by atoms with E-state index >= 15 is 0 Å². The number of amides is 1. The van der Waals surface area contributed by atoms with Crippen molar-refractivity contribution in [2.75, 3.05) is 52.9 Å². The molecule has 2 rings (SSSR count). The third-order valence-corrected chi connectivity index (χ3v) is 4.23. The molecule has 8 heteroatoms. The zero-order valence-corrected chi connectivity index (χ0v) is 16.2. The topological polar surface area (TPSA) is 83.5 Å². The number of esters is 1. The van der Waals surface area contributed by atoms with Gasteiger partial charge in [0.05, 0.1) is 19.3 Å². The number of hydrogen-bond acceptors (Lipinski definition) is 7. The Balaban J connectivity index is 1.87. The van der Waals surface area contributed by atoms with Crippen LogP contribution in [-0.2, 0) is 20.7 Å². The number of nitrogens with one attached hydrogen (secondary N) is 1. The standard InChI is InChI=1S/C19H28N4O4/c1-22(2)11-4-5-17(18(24)26-3)21-20-16-8-6-15(7-9-16)10-12-23-13-14-27-19(23)25/h6-9,20H,4-5,10-14H2,1-3H3/b21-17-. The third-order valence-electron chi connectivity index (χ3n) is 4.23. The quantitative estimate of drug-likeness (QED) is 0.382. The van der Waals surface area contributed by atoms with E-state index in [9.17, 15) is 9.59 Å². The van der Waals surface area contributed by atoms with Crippen molar-refractivity contribution in [2.45, 2.75) is 19.3 Å². The predicted molar refractivity (Wildman–Crippen MR) is 104 cm³/mol. The van der Waals surface area contributed by atoms with Gasteiger partial charge in [0.25, 0.3) is 0 Å². The van der Waals surface area contributed by atoms with Crippen LogP contribution in [0.4, 0.5) is 10.5 Å². The molecule has 0 saturated carbocycles. The van der Waals surface area contributed by atoms with Crippen molar-refractivity contribution in [1.29, 1.82) is 0 Å². The molecule has 27 heavy (non-hydrogen) atoms. The summed E-state index contributed by atoms with van der Waals surface area (Å²) in [6.07, 6.45) is 1.88. The first-order valence-electron chi connectivity index (χ1n) is 9.06. The molecule has 148 valence electrons. The Hall–Kier alpha value is -2.61. The lowest BCUT2D eigenvalue weighted by Crippen LogP contribution is -2.26. The molecule has 1 saturated heterocycles. The van der Waals surface area contributed by atoms with E-state index in [0.717, 1.165) is 30.6 Å². The van der Waals surface area contributed by atoms with E-state index in [1.165, 1.54) is 7.11 Å². The van der Waals surface area contributed by atoms with Gasteiger partial charge >= 0.3 is 12.1 Å². The summed E-state index contributed by atoms with van der Waals surface area (Å²) < 4.78 is 9.72. The number of cyclic esters (lactones) is 1. The van der Waals surface area contributed by atoms with Gasteiger partial charge in [-0.25, -0.2) is 9.59 Å². The minimum Gasteiger partial charge on any atom is -0.464 e. The van der Waals surface area contributed by atoms with Crippen molar-refractivity contribution >= 4 is 23.5 Å². The SMILES string of the molecule is COC(=O)/C(CCCN(C)C)=N\Nc1ccc(CCN2CCOC2=O)cc1. The molecule has 8 nitrogen and oxygen atoms in total. The van der Waals surface area contributed by atoms with Gasteiger partial charge in [-0.15, -0.1) is 0 Å². The summed E-state index contributed by atoms with van der Waals surface area (Å²) in [6, 6.07) is 7.75. The van der Waals surface area contributed by atoms with Crippen LogP contribution in [0.1, 0.15) is 18.4 Å². The molecule has 1 aromatic carbocycles. The molecule has 0 aromatic heterocycles. The summed E-state index contributed by atoms with van der Waals surface area (Å²) in [5.41, 5.74) is 5.19. The van der Waals surface area contributed by atoms with E-state index in [4.69, 9.17) is 9.47 Å². The Labute approximate surface area is 160 Å². The Kier molecular flexibility index (Phi) is 8.06. The molecule has 0 aliphatic carbocycles. The van der Waals surface area contributed by atoms with Gasteiger partial charge in [-0.1, -0.05) is 12.1 Å². The van der Waals surface area contributed by atoms with Crippen molar-refractivity contribution in [3.8, 4) is 0 Å². The summed E-state index contributed by atoms with van der Waals surface area (Å²) in [4.78, 5) is 27.0. The van der Waals surface area contributed by atoms with E-state index < -0.39 is 5.97 Å². The van der Waals surface area contributed by atoms with Crippen LogP contribution in [0.5, 0.6) is 0 Å². The van der Waals surface area contributed by atoms with Gasteiger partial charge in [-0.2, -0.15) is 5.10 Å². The second kappa shape index (κ2) is 10.5. The maximum absolute atomic E-state index is 11.9. The molecule has 0 spiro atoms. The van der Waals surface area contributed by atoms with Gasteiger partial charge in [-0.3, -0.25) is 5.43 Å². The van der Waals surface area contributed by atoms with E-state index in [0.29, 0.717) is 31.8 Å². The summed E-state index contributed by atoms with van der Waals surface area (Å²) >= 11 is 0. The lowest BCUT2D eigenvalue weighted by molar-refractivity contribution is -0.132. The van der Waals surface area contributed by atoms with Crippen molar-refractivity contribution in [2.24, 2.45) is 5.10 Å². The van der Waals surface area contributed by atoms with Crippen LogP contribution >= 0.6 is 0 Å².